The monoisotopic (exact) mass is 281 g/mol. The van der Waals surface area contributed by atoms with Crippen LogP contribution in [0.1, 0.15) is 15.9 Å². The number of carbonyl (C=O) groups excluding carboxylic acids is 1. The van der Waals surface area contributed by atoms with Crippen LogP contribution in [0.2, 0.25) is 5.02 Å². The average Bonchev–Trinajstić information content (AvgIpc) is 2.37. The molecule has 2 rings (SSSR count). The molecule has 0 aliphatic heterocycles. The Bertz CT molecular complexity index is 623. The Morgan fingerprint density at radius 3 is 2.63 bits per heavy atom. The van der Waals surface area contributed by atoms with Gasteiger partial charge in [0.1, 0.15) is 11.6 Å². The second-order valence-corrected chi connectivity index (χ2v) is 4.44. The molecule has 0 spiro atoms. The van der Waals surface area contributed by atoms with Crippen LogP contribution in [0.3, 0.4) is 0 Å². The second kappa shape index (κ2) is 5.36. The Labute approximate surface area is 113 Å². The molecule has 2 N–H and O–H groups in total. The van der Waals surface area contributed by atoms with E-state index in [1.54, 1.807) is 0 Å². The first-order chi connectivity index (χ1) is 8.99. The van der Waals surface area contributed by atoms with Crippen molar-refractivity contribution in [3.8, 4) is 0 Å². The van der Waals surface area contributed by atoms with Gasteiger partial charge in [-0.1, -0.05) is 17.7 Å². The van der Waals surface area contributed by atoms with Crippen LogP contribution in [0.4, 0.5) is 14.5 Å². The highest BCUT2D eigenvalue weighted by molar-refractivity contribution is 6.31. The SMILES string of the molecule is Nc1ccc(F)cc1C(=O)Cc1c(F)cccc1Cl. The zero-order valence-electron chi connectivity index (χ0n) is 9.79. The van der Waals surface area contributed by atoms with Crippen LogP contribution in [0.15, 0.2) is 36.4 Å². The number of rotatable bonds is 3. The molecule has 0 heterocycles. The first-order valence-corrected chi connectivity index (χ1v) is 5.88. The van der Waals surface area contributed by atoms with Gasteiger partial charge in [-0.3, -0.25) is 4.79 Å². The molecule has 0 saturated carbocycles. The summed E-state index contributed by atoms with van der Waals surface area (Å²) in [4.78, 5) is 12.0. The van der Waals surface area contributed by atoms with Crippen molar-refractivity contribution in [3.05, 3.63) is 64.2 Å². The highest BCUT2D eigenvalue weighted by atomic mass is 35.5. The third-order valence-corrected chi connectivity index (χ3v) is 3.07. The van der Waals surface area contributed by atoms with E-state index in [0.717, 1.165) is 12.1 Å². The van der Waals surface area contributed by atoms with Gasteiger partial charge in [0.2, 0.25) is 0 Å². The minimum atomic E-state index is -0.573. The summed E-state index contributed by atoms with van der Waals surface area (Å²) in [5.74, 6) is -1.63. The highest BCUT2D eigenvalue weighted by Crippen LogP contribution is 2.22. The van der Waals surface area contributed by atoms with E-state index in [0.29, 0.717) is 0 Å². The number of nitrogens with two attached hydrogens (primary N) is 1. The van der Waals surface area contributed by atoms with Crippen molar-refractivity contribution in [2.75, 3.05) is 5.73 Å². The zero-order valence-corrected chi connectivity index (χ0v) is 10.5. The summed E-state index contributed by atoms with van der Waals surface area (Å²) in [6.07, 6.45) is -0.265. The third kappa shape index (κ3) is 2.90. The molecule has 2 nitrogen and oxygen atoms in total. The van der Waals surface area contributed by atoms with Crippen LogP contribution in [-0.4, -0.2) is 5.78 Å². The molecule has 0 saturated heterocycles. The molecule has 0 radical (unpaired) electrons. The molecule has 0 unspecified atom stereocenters. The largest absolute Gasteiger partial charge is 0.398 e. The summed E-state index contributed by atoms with van der Waals surface area (Å²) in [7, 11) is 0. The van der Waals surface area contributed by atoms with Gasteiger partial charge in [-0.25, -0.2) is 8.78 Å². The minimum Gasteiger partial charge on any atom is -0.398 e. The molecule has 0 aliphatic rings. The van der Waals surface area contributed by atoms with E-state index in [1.165, 1.54) is 24.3 Å². The number of hydrogen-bond acceptors (Lipinski definition) is 2. The first kappa shape index (κ1) is 13.5. The van der Waals surface area contributed by atoms with Crippen molar-refractivity contribution in [2.45, 2.75) is 6.42 Å². The molecule has 0 atom stereocenters. The Balaban J connectivity index is 2.34. The van der Waals surface area contributed by atoms with E-state index < -0.39 is 17.4 Å². The molecule has 0 amide bonds. The molecule has 98 valence electrons. The van der Waals surface area contributed by atoms with Gasteiger partial charge in [0.25, 0.3) is 0 Å². The number of nitrogen functional groups attached to an aromatic ring is 1. The highest BCUT2D eigenvalue weighted by Gasteiger charge is 2.16. The van der Waals surface area contributed by atoms with Gasteiger partial charge in [0, 0.05) is 28.3 Å². The van der Waals surface area contributed by atoms with Gasteiger partial charge in [-0.15, -0.1) is 0 Å². The second-order valence-electron chi connectivity index (χ2n) is 4.03. The van der Waals surface area contributed by atoms with Gasteiger partial charge in [-0.2, -0.15) is 0 Å². The Morgan fingerprint density at radius 1 is 1.21 bits per heavy atom. The molecular weight excluding hydrogens is 272 g/mol. The molecule has 0 fully saturated rings. The Kier molecular flexibility index (Phi) is 3.81. The molecule has 0 aromatic heterocycles. The van der Waals surface area contributed by atoms with Crippen LogP contribution in [-0.2, 0) is 6.42 Å². The number of anilines is 1. The van der Waals surface area contributed by atoms with Crippen molar-refractivity contribution in [3.63, 3.8) is 0 Å². The van der Waals surface area contributed by atoms with Crippen molar-refractivity contribution in [1.82, 2.24) is 0 Å². The number of halogens is 3. The maximum absolute atomic E-state index is 13.6. The van der Waals surface area contributed by atoms with Crippen molar-refractivity contribution in [1.29, 1.82) is 0 Å². The fourth-order valence-corrected chi connectivity index (χ4v) is 1.96. The van der Waals surface area contributed by atoms with Crippen molar-refractivity contribution >= 4 is 23.1 Å². The lowest BCUT2D eigenvalue weighted by atomic mass is 10.0. The van der Waals surface area contributed by atoms with Gasteiger partial charge >= 0.3 is 0 Å². The van der Waals surface area contributed by atoms with E-state index in [4.69, 9.17) is 17.3 Å². The lowest BCUT2D eigenvalue weighted by Crippen LogP contribution is -2.09. The number of benzene rings is 2. The van der Waals surface area contributed by atoms with E-state index >= 15 is 0 Å². The molecule has 0 aliphatic carbocycles. The summed E-state index contributed by atoms with van der Waals surface area (Å²) < 4.78 is 26.7. The van der Waals surface area contributed by atoms with E-state index in [2.05, 4.69) is 0 Å². The fourth-order valence-electron chi connectivity index (χ4n) is 1.73. The van der Waals surface area contributed by atoms with Gasteiger partial charge in [0.05, 0.1) is 0 Å². The van der Waals surface area contributed by atoms with E-state index in [1.807, 2.05) is 0 Å². The molecule has 2 aromatic carbocycles. The fraction of sp³-hybridized carbons (Fsp3) is 0.0714. The number of hydrogen-bond donors (Lipinski definition) is 1. The van der Waals surface area contributed by atoms with E-state index in [9.17, 15) is 13.6 Å². The minimum absolute atomic E-state index is 0.0271. The van der Waals surface area contributed by atoms with Crippen molar-refractivity contribution < 1.29 is 13.6 Å². The van der Waals surface area contributed by atoms with Crippen LogP contribution >= 0.6 is 11.6 Å². The maximum Gasteiger partial charge on any atom is 0.169 e. The summed E-state index contributed by atoms with van der Waals surface area (Å²) in [5, 5.41) is 0.156. The summed E-state index contributed by atoms with van der Waals surface area (Å²) in [6, 6.07) is 7.63. The first-order valence-electron chi connectivity index (χ1n) is 5.50. The van der Waals surface area contributed by atoms with Crippen LogP contribution in [0, 0.1) is 11.6 Å². The van der Waals surface area contributed by atoms with E-state index in [-0.39, 0.29) is 28.3 Å². The predicted molar refractivity (Wildman–Crippen MR) is 70.3 cm³/mol. The molecule has 5 heteroatoms. The van der Waals surface area contributed by atoms with Crippen molar-refractivity contribution in [2.24, 2.45) is 0 Å². The standard InChI is InChI=1S/C14H10ClF2NO/c15-11-2-1-3-12(17)9(11)7-14(19)10-6-8(16)4-5-13(10)18/h1-6H,7,18H2. The Hall–Kier alpha value is -1.94. The quantitative estimate of drug-likeness (QED) is 0.690. The summed E-state index contributed by atoms with van der Waals surface area (Å²) in [6.45, 7) is 0. The van der Waals surface area contributed by atoms with Crippen LogP contribution in [0.25, 0.3) is 0 Å². The third-order valence-electron chi connectivity index (χ3n) is 2.71. The van der Waals surface area contributed by atoms with Gasteiger partial charge in [-0.05, 0) is 30.3 Å². The van der Waals surface area contributed by atoms with Crippen LogP contribution < -0.4 is 5.73 Å². The van der Waals surface area contributed by atoms with Crippen LogP contribution in [0.5, 0.6) is 0 Å². The lowest BCUT2D eigenvalue weighted by Gasteiger charge is -2.07. The van der Waals surface area contributed by atoms with Gasteiger partial charge in [0.15, 0.2) is 5.78 Å². The maximum atomic E-state index is 13.6. The molecular formula is C14H10ClF2NO. The number of carbonyl (C=O) groups is 1. The Morgan fingerprint density at radius 2 is 1.95 bits per heavy atom. The molecule has 2 aromatic rings. The number of Topliss-reactive ketones (excluding diaryl/α,β-unsaturated/α-hetero) is 1. The summed E-state index contributed by atoms with van der Waals surface area (Å²) in [5.41, 5.74) is 5.87. The smallest absolute Gasteiger partial charge is 0.169 e. The average molecular weight is 282 g/mol. The lowest BCUT2D eigenvalue weighted by molar-refractivity contribution is 0.0992. The normalized spacial score (nSPS) is 10.5. The topological polar surface area (TPSA) is 43.1 Å². The molecule has 0 bridgehead atoms. The van der Waals surface area contributed by atoms with Gasteiger partial charge < -0.3 is 5.73 Å². The predicted octanol–water partition coefficient (Wildman–Crippen LogP) is 3.63. The number of ketones is 1. The summed E-state index contributed by atoms with van der Waals surface area (Å²) >= 11 is 5.83. The molecule has 19 heavy (non-hydrogen) atoms. The zero-order chi connectivity index (χ0) is 14.0.